The van der Waals surface area contributed by atoms with Crippen LogP contribution in [0.1, 0.15) is 24.1 Å². The van der Waals surface area contributed by atoms with Crippen molar-refractivity contribution in [3.8, 4) is 0 Å². The number of carbonyl (C=O) groups excluding carboxylic acids is 1. The quantitative estimate of drug-likeness (QED) is 0.589. The van der Waals surface area contributed by atoms with E-state index in [4.69, 9.17) is 11.6 Å². The van der Waals surface area contributed by atoms with Crippen LogP contribution in [0.3, 0.4) is 0 Å². The fourth-order valence-corrected chi connectivity index (χ4v) is 5.57. The number of nitrogens with zero attached hydrogens (tertiary/aromatic N) is 3. The maximum absolute atomic E-state index is 12.8. The molecule has 0 bridgehead atoms. The van der Waals surface area contributed by atoms with Crippen LogP contribution < -0.4 is 5.32 Å². The van der Waals surface area contributed by atoms with Crippen molar-refractivity contribution < 1.29 is 13.2 Å². The van der Waals surface area contributed by atoms with Gasteiger partial charge < -0.3 is 5.32 Å². The number of aryl methyl sites for hydroxylation is 1. The first kappa shape index (κ1) is 22.5. The van der Waals surface area contributed by atoms with E-state index in [1.54, 1.807) is 30.3 Å². The molecule has 1 N–H and O–H groups in total. The number of benzene rings is 2. The van der Waals surface area contributed by atoms with E-state index in [2.05, 4.69) is 10.4 Å². The average Bonchev–Trinajstić information content (AvgIpc) is 3.12. The molecule has 0 saturated carbocycles. The summed E-state index contributed by atoms with van der Waals surface area (Å²) >= 11 is 6.06. The Morgan fingerprint density at radius 1 is 1.09 bits per heavy atom. The number of aromatic nitrogens is 2. The second-order valence-corrected chi connectivity index (χ2v) is 10.3. The first-order valence-corrected chi connectivity index (χ1v) is 12.3. The number of rotatable bonds is 6. The summed E-state index contributed by atoms with van der Waals surface area (Å²) in [5, 5.41) is 8.06. The molecule has 1 saturated heterocycles. The van der Waals surface area contributed by atoms with Gasteiger partial charge in [0, 0.05) is 35.8 Å². The van der Waals surface area contributed by atoms with Crippen LogP contribution >= 0.6 is 11.6 Å². The summed E-state index contributed by atoms with van der Waals surface area (Å²) in [6.45, 7) is 3.12. The summed E-state index contributed by atoms with van der Waals surface area (Å²) in [5.41, 5.74) is 1.94. The fourth-order valence-electron chi connectivity index (χ4n) is 3.87. The molecule has 0 atom stereocenters. The van der Waals surface area contributed by atoms with E-state index in [9.17, 15) is 13.2 Å². The van der Waals surface area contributed by atoms with Crippen molar-refractivity contribution in [2.45, 2.75) is 31.2 Å². The van der Waals surface area contributed by atoms with Crippen molar-refractivity contribution in [2.75, 3.05) is 18.4 Å². The normalized spacial score (nSPS) is 15.6. The average molecular weight is 473 g/mol. The van der Waals surface area contributed by atoms with Crippen molar-refractivity contribution in [1.82, 2.24) is 14.1 Å². The lowest BCUT2D eigenvalue weighted by atomic mass is 9.97. The summed E-state index contributed by atoms with van der Waals surface area (Å²) in [7, 11) is -3.53. The summed E-state index contributed by atoms with van der Waals surface area (Å²) in [5.74, 6) is 0.110. The van der Waals surface area contributed by atoms with Crippen LogP contribution in [-0.2, 0) is 21.4 Å². The molecule has 7 nitrogen and oxygen atoms in total. The molecule has 9 heteroatoms. The second-order valence-electron chi connectivity index (χ2n) is 7.94. The van der Waals surface area contributed by atoms with Gasteiger partial charge in [0.25, 0.3) is 0 Å². The predicted molar refractivity (Wildman–Crippen MR) is 124 cm³/mol. The Morgan fingerprint density at radius 2 is 1.81 bits per heavy atom. The van der Waals surface area contributed by atoms with Gasteiger partial charge in [-0.1, -0.05) is 41.9 Å². The maximum atomic E-state index is 12.8. The van der Waals surface area contributed by atoms with Crippen LogP contribution in [0.2, 0.25) is 5.02 Å². The highest BCUT2D eigenvalue weighted by Gasteiger charge is 2.32. The summed E-state index contributed by atoms with van der Waals surface area (Å²) in [6.07, 6.45) is 0.945. The molecular weight excluding hydrogens is 448 g/mol. The number of piperidine rings is 1. The van der Waals surface area contributed by atoms with Gasteiger partial charge in [-0.15, -0.1) is 0 Å². The molecule has 2 aromatic carbocycles. The Bertz CT molecular complexity index is 1200. The lowest BCUT2D eigenvalue weighted by molar-refractivity contribution is -0.120. The Hall–Kier alpha value is -2.68. The molecule has 1 aromatic heterocycles. The number of anilines is 1. The third-order valence-corrected chi connectivity index (χ3v) is 7.81. The molecule has 2 heterocycles. The Labute approximate surface area is 193 Å². The minimum atomic E-state index is -3.53. The van der Waals surface area contributed by atoms with E-state index >= 15 is 0 Å². The van der Waals surface area contributed by atoms with Gasteiger partial charge in [0.15, 0.2) is 5.82 Å². The SMILES string of the molecule is Cc1cc(NC(=O)C2CCN(S(=O)(=O)c3ccccc3)CC2)nn1Cc1cccc(Cl)c1. The number of amides is 1. The molecule has 4 rings (SSSR count). The Morgan fingerprint density at radius 3 is 2.50 bits per heavy atom. The Balaban J connectivity index is 1.35. The van der Waals surface area contributed by atoms with Crippen LogP contribution in [0.5, 0.6) is 0 Å². The summed E-state index contributed by atoms with van der Waals surface area (Å²) < 4.78 is 28.8. The van der Waals surface area contributed by atoms with Gasteiger partial charge in [0.1, 0.15) is 0 Å². The highest BCUT2D eigenvalue weighted by molar-refractivity contribution is 7.89. The van der Waals surface area contributed by atoms with Gasteiger partial charge in [-0.25, -0.2) is 8.42 Å². The molecular formula is C23H25ClN4O3S. The molecule has 0 spiro atoms. The van der Waals surface area contributed by atoms with Crippen molar-refractivity contribution in [3.05, 3.63) is 76.9 Å². The Kier molecular flexibility index (Phi) is 6.64. The third-order valence-electron chi connectivity index (χ3n) is 5.66. The molecule has 32 heavy (non-hydrogen) atoms. The largest absolute Gasteiger partial charge is 0.309 e. The van der Waals surface area contributed by atoms with Gasteiger partial charge in [0.05, 0.1) is 11.4 Å². The van der Waals surface area contributed by atoms with Crippen molar-refractivity contribution in [1.29, 1.82) is 0 Å². The van der Waals surface area contributed by atoms with E-state index in [1.807, 2.05) is 41.9 Å². The third kappa shape index (κ3) is 5.03. The monoisotopic (exact) mass is 472 g/mol. The first-order valence-electron chi connectivity index (χ1n) is 10.5. The minimum Gasteiger partial charge on any atom is -0.309 e. The van der Waals surface area contributed by atoms with Crippen molar-refractivity contribution >= 4 is 33.3 Å². The molecule has 0 radical (unpaired) electrons. The highest BCUT2D eigenvalue weighted by Crippen LogP contribution is 2.25. The van der Waals surface area contributed by atoms with E-state index < -0.39 is 10.0 Å². The second kappa shape index (κ2) is 9.44. The number of hydrogen-bond donors (Lipinski definition) is 1. The molecule has 0 unspecified atom stereocenters. The van der Waals surface area contributed by atoms with Gasteiger partial charge in [-0.05, 0) is 49.6 Å². The summed E-state index contributed by atoms with van der Waals surface area (Å²) in [6, 6.07) is 17.8. The lowest BCUT2D eigenvalue weighted by Crippen LogP contribution is -2.41. The molecule has 3 aromatic rings. The predicted octanol–water partition coefficient (Wildman–Crippen LogP) is 3.93. The van der Waals surface area contributed by atoms with Gasteiger partial charge in [-0.3, -0.25) is 9.48 Å². The van der Waals surface area contributed by atoms with Crippen LogP contribution in [-0.4, -0.2) is 41.5 Å². The molecule has 168 valence electrons. The van der Waals surface area contributed by atoms with E-state index in [0.29, 0.717) is 43.3 Å². The van der Waals surface area contributed by atoms with Crippen molar-refractivity contribution in [3.63, 3.8) is 0 Å². The fraction of sp³-hybridized carbons (Fsp3) is 0.304. The topological polar surface area (TPSA) is 84.3 Å². The molecule has 1 aliphatic heterocycles. The molecule has 1 fully saturated rings. The van der Waals surface area contributed by atoms with Crippen LogP contribution in [0.4, 0.5) is 5.82 Å². The number of hydrogen-bond acceptors (Lipinski definition) is 4. The first-order chi connectivity index (χ1) is 15.3. The van der Waals surface area contributed by atoms with E-state index in [-0.39, 0.29) is 16.7 Å². The summed E-state index contributed by atoms with van der Waals surface area (Å²) in [4.78, 5) is 13.1. The lowest BCUT2D eigenvalue weighted by Gasteiger charge is -2.30. The highest BCUT2D eigenvalue weighted by atomic mass is 35.5. The van der Waals surface area contributed by atoms with Crippen molar-refractivity contribution in [2.24, 2.45) is 5.92 Å². The number of sulfonamides is 1. The molecule has 1 amide bonds. The number of carbonyl (C=O) groups is 1. The van der Waals surface area contributed by atoms with Crippen LogP contribution in [0.25, 0.3) is 0 Å². The zero-order valence-corrected chi connectivity index (χ0v) is 19.3. The number of halogens is 1. The van der Waals surface area contributed by atoms with E-state index in [0.717, 1.165) is 11.3 Å². The zero-order chi connectivity index (χ0) is 22.7. The maximum Gasteiger partial charge on any atom is 0.243 e. The zero-order valence-electron chi connectivity index (χ0n) is 17.7. The van der Waals surface area contributed by atoms with Crippen LogP contribution in [0, 0.1) is 12.8 Å². The van der Waals surface area contributed by atoms with E-state index in [1.165, 1.54) is 4.31 Å². The number of nitrogens with one attached hydrogen (secondary N) is 1. The van der Waals surface area contributed by atoms with Gasteiger partial charge in [-0.2, -0.15) is 9.40 Å². The molecule has 1 aliphatic rings. The van der Waals surface area contributed by atoms with Gasteiger partial charge >= 0.3 is 0 Å². The standard InChI is InChI=1S/C23H25ClN4O3S/c1-17-14-22(26-28(17)16-18-6-5-7-20(24)15-18)25-23(29)19-10-12-27(13-11-19)32(30,31)21-8-3-2-4-9-21/h2-9,14-15,19H,10-13,16H2,1H3,(H,25,26,29). The smallest absolute Gasteiger partial charge is 0.243 e. The van der Waals surface area contributed by atoms with Gasteiger partial charge in [0.2, 0.25) is 15.9 Å². The minimum absolute atomic E-state index is 0.130. The molecule has 0 aliphatic carbocycles. The van der Waals surface area contributed by atoms with Crippen LogP contribution in [0.15, 0.2) is 65.6 Å².